The van der Waals surface area contributed by atoms with Gasteiger partial charge in [0.1, 0.15) is 11.3 Å². The molecule has 0 radical (unpaired) electrons. The third-order valence-electron chi connectivity index (χ3n) is 5.27. The highest BCUT2D eigenvalue weighted by Gasteiger charge is 2.13. The average molecular weight is 376 g/mol. The van der Waals surface area contributed by atoms with E-state index in [0.29, 0.717) is 0 Å². The number of aromatic nitrogens is 2. The zero-order chi connectivity index (χ0) is 19.8. The monoisotopic (exact) mass is 376 g/mol. The van der Waals surface area contributed by atoms with Gasteiger partial charge in [-0.3, -0.25) is 9.97 Å². The van der Waals surface area contributed by atoms with Crippen molar-refractivity contribution in [3.63, 3.8) is 0 Å². The summed E-state index contributed by atoms with van der Waals surface area (Å²) in [5.74, 6) is 0.790. The summed E-state index contributed by atoms with van der Waals surface area (Å²) in [6, 6.07) is 24.8. The Labute approximate surface area is 169 Å². The lowest BCUT2D eigenvalue weighted by Crippen LogP contribution is -1.87. The molecule has 0 saturated heterocycles. The SMILES string of the molecule is Cc1ccnc(-c2cccc(-c3ccc4oc(-c5ccccn5)cc4c3C)c2)c1. The molecule has 5 rings (SSSR count). The molecule has 0 aliphatic rings. The van der Waals surface area contributed by atoms with Crippen LogP contribution in [0.4, 0.5) is 0 Å². The van der Waals surface area contributed by atoms with Gasteiger partial charge >= 0.3 is 0 Å². The maximum absolute atomic E-state index is 6.06. The summed E-state index contributed by atoms with van der Waals surface area (Å²) >= 11 is 0. The van der Waals surface area contributed by atoms with E-state index in [1.165, 1.54) is 22.3 Å². The summed E-state index contributed by atoms with van der Waals surface area (Å²) in [6.07, 6.45) is 3.64. The average Bonchev–Trinajstić information content (AvgIpc) is 3.20. The van der Waals surface area contributed by atoms with Crippen molar-refractivity contribution in [2.75, 3.05) is 0 Å². The van der Waals surface area contributed by atoms with Crippen LogP contribution in [0.2, 0.25) is 0 Å². The second-order valence-corrected chi connectivity index (χ2v) is 7.27. The second kappa shape index (κ2) is 7.02. The van der Waals surface area contributed by atoms with E-state index in [2.05, 4.69) is 66.3 Å². The van der Waals surface area contributed by atoms with Crippen molar-refractivity contribution in [3.05, 3.63) is 96.3 Å². The van der Waals surface area contributed by atoms with Crippen LogP contribution >= 0.6 is 0 Å². The predicted molar refractivity (Wildman–Crippen MR) is 118 cm³/mol. The van der Waals surface area contributed by atoms with Gasteiger partial charge in [0.05, 0.1) is 5.69 Å². The van der Waals surface area contributed by atoms with Gasteiger partial charge < -0.3 is 4.42 Å². The molecule has 0 unspecified atom stereocenters. The van der Waals surface area contributed by atoms with Crippen molar-refractivity contribution in [1.82, 2.24) is 9.97 Å². The molecule has 2 aromatic carbocycles. The molecule has 0 amide bonds. The molecule has 0 saturated carbocycles. The molecule has 0 atom stereocenters. The topological polar surface area (TPSA) is 38.9 Å². The molecule has 3 aromatic heterocycles. The first-order valence-electron chi connectivity index (χ1n) is 9.67. The quantitative estimate of drug-likeness (QED) is 0.346. The van der Waals surface area contributed by atoms with Crippen LogP contribution in [-0.2, 0) is 0 Å². The summed E-state index contributed by atoms with van der Waals surface area (Å²) in [7, 11) is 0. The highest BCUT2D eigenvalue weighted by Crippen LogP contribution is 2.35. The molecule has 0 aliphatic heterocycles. The van der Waals surface area contributed by atoms with Gasteiger partial charge in [-0.25, -0.2) is 0 Å². The van der Waals surface area contributed by atoms with Gasteiger partial charge in [0.2, 0.25) is 0 Å². The van der Waals surface area contributed by atoms with Gasteiger partial charge in [-0.15, -0.1) is 0 Å². The van der Waals surface area contributed by atoms with E-state index in [9.17, 15) is 0 Å². The molecule has 29 heavy (non-hydrogen) atoms. The van der Waals surface area contributed by atoms with Crippen LogP contribution in [0, 0.1) is 13.8 Å². The minimum Gasteiger partial charge on any atom is -0.454 e. The van der Waals surface area contributed by atoms with Crippen molar-refractivity contribution in [2.45, 2.75) is 13.8 Å². The molecule has 3 heterocycles. The minimum absolute atomic E-state index is 0.790. The summed E-state index contributed by atoms with van der Waals surface area (Å²) in [5, 5.41) is 1.11. The summed E-state index contributed by atoms with van der Waals surface area (Å²) in [5.41, 5.74) is 8.60. The molecule has 0 N–H and O–H groups in total. The maximum Gasteiger partial charge on any atom is 0.153 e. The predicted octanol–water partition coefficient (Wildman–Crippen LogP) is 6.84. The van der Waals surface area contributed by atoms with Crippen LogP contribution in [0.5, 0.6) is 0 Å². The van der Waals surface area contributed by atoms with Crippen LogP contribution in [0.25, 0.3) is 44.8 Å². The molecule has 0 aliphatic carbocycles. The van der Waals surface area contributed by atoms with E-state index in [-0.39, 0.29) is 0 Å². The summed E-state index contributed by atoms with van der Waals surface area (Å²) in [6.45, 7) is 4.23. The van der Waals surface area contributed by atoms with E-state index in [1.54, 1.807) is 6.20 Å². The van der Waals surface area contributed by atoms with E-state index >= 15 is 0 Å². The van der Waals surface area contributed by atoms with E-state index in [4.69, 9.17) is 4.42 Å². The van der Waals surface area contributed by atoms with Crippen molar-refractivity contribution in [2.24, 2.45) is 0 Å². The molecule has 140 valence electrons. The van der Waals surface area contributed by atoms with Crippen LogP contribution < -0.4 is 0 Å². The smallest absolute Gasteiger partial charge is 0.153 e. The van der Waals surface area contributed by atoms with Crippen molar-refractivity contribution in [3.8, 4) is 33.8 Å². The molecular weight excluding hydrogens is 356 g/mol. The Balaban J connectivity index is 1.60. The lowest BCUT2D eigenvalue weighted by Gasteiger charge is -2.09. The highest BCUT2D eigenvalue weighted by atomic mass is 16.3. The highest BCUT2D eigenvalue weighted by molar-refractivity contribution is 5.91. The Morgan fingerprint density at radius 1 is 0.690 bits per heavy atom. The Morgan fingerprint density at radius 3 is 2.38 bits per heavy atom. The zero-order valence-corrected chi connectivity index (χ0v) is 16.4. The van der Waals surface area contributed by atoms with Gasteiger partial charge in [0, 0.05) is 23.3 Å². The fraction of sp³-hybridized carbons (Fsp3) is 0.0769. The van der Waals surface area contributed by atoms with Gasteiger partial charge in [0.15, 0.2) is 5.76 Å². The van der Waals surface area contributed by atoms with Gasteiger partial charge in [-0.2, -0.15) is 0 Å². The van der Waals surface area contributed by atoms with Crippen LogP contribution in [0.3, 0.4) is 0 Å². The first-order chi connectivity index (χ1) is 14.2. The van der Waals surface area contributed by atoms with E-state index < -0.39 is 0 Å². The third-order valence-corrected chi connectivity index (χ3v) is 5.27. The summed E-state index contributed by atoms with van der Waals surface area (Å²) < 4.78 is 6.06. The minimum atomic E-state index is 0.790. The molecule has 0 bridgehead atoms. The number of benzene rings is 2. The van der Waals surface area contributed by atoms with Crippen molar-refractivity contribution in [1.29, 1.82) is 0 Å². The van der Waals surface area contributed by atoms with Crippen LogP contribution in [-0.4, -0.2) is 9.97 Å². The number of pyridine rings is 2. The number of hydrogen-bond acceptors (Lipinski definition) is 3. The fourth-order valence-corrected chi connectivity index (χ4v) is 3.74. The molecule has 0 spiro atoms. The molecular formula is C26H20N2O. The normalized spacial score (nSPS) is 11.1. The third kappa shape index (κ3) is 3.21. The van der Waals surface area contributed by atoms with Gasteiger partial charge in [-0.05, 0) is 78.6 Å². The Kier molecular flexibility index (Phi) is 4.21. The number of fused-ring (bicyclic) bond motifs is 1. The Bertz CT molecular complexity index is 1320. The van der Waals surface area contributed by atoms with Crippen molar-refractivity contribution >= 4 is 11.0 Å². The second-order valence-electron chi connectivity index (χ2n) is 7.27. The molecule has 3 nitrogen and oxygen atoms in total. The Hall–Kier alpha value is -3.72. The van der Waals surface area contributed by atoms with E-state index in [0.717, 1.165) is 33.7 Å². The fourth-order valence-electron chi connectivity index (χ4n) is 3.74. The number of aryl methyl sites for hydroxylation is 2. The van der Waals surface area contributed by atoms with Crippen molar-refractivity contribution < 1.29 is 4.42 Å². The Morgan fingerprint density at radius 2 is 1.55 bits per heavy atom. The molecule has 5 aromatic rings. The lowest BCUT2D eigenvalue weighted by molar-refractivity contribution is 0.628. The maximum atomic E-state index is 6.06. The number of rotatable bonds is 3. The standard InChI is InChI=1S/C26H20N2O/c1-17-11-13-28-24(14-17)20-7-5-6-19(15-20)21-9-10-25-22(18(21)2)16-26(29-25)23-8-3-4-12-27-23/h3-16H,1-2H3. The largest absolute Gasteiger partial charge is 0.454 e. The molecule has 0 fully saturated rings. The first-order valence-corrected chi connectivity index (χ1v) is 9.67. The number of nitrogens with zero attached hydrogens (tertiary/aromatic N) is 2. The lowest BCUT2D eigenvalue weighted by atomic mass is 9.95. The first kappa shape index (κ1) is 17.4. The van der Waals surface area contributed by atoms with Gasteiger partial charge in [0.25, 0.3) is 0 Å². The zero-order valence-electron chi connectivity index (χ0n) is 16.4. The van der Waals surface area contributed by atoms with Crippen LogP contribution in [0.1, 0.15) is 11.1 Å². The number of furan rings is 1. The summed E-state index contributed by atoms with van der Waals surface area (Å²) in [4.78, 5) is 8.94. The molecule has 3 heteroatoms. The van der Waals surface area contributed by atoms with E-state index in [1.807, 2.05) is 36.5 Å². The number of hydrogen-bond donors (Lipinski definition) is 0. The van der Waals surface area contributed by atoms with Gasteiger partial charge in [-0.1, -0.05) is 30.3 Å². The van der Waals surface area contributed by atoms with Crippen LogP contribution in [0.15, 0.2) is 89.6 Å².